The molecule has 11 heavy (non-hydrogen) atoms. The summed E-state index contributed by atoms with van der Waals surface area (Å²) in [5, 5.41) is 0. The first kappa shape index (κ1) is 11.0. The van der Waals surface area contributed by atoms with E-state index < -0.39 is 0 Å². The molecule has 0 saturated heterocycles. The van der Waals surface area contributed by atoms with E-state index in [-0.39, 0.29) is 0 Å². The van der Waals surface area contributed by atoms with Gasteiger partial charge in [0.1, 0.15) is 0 Å². The maximum Gasteiger partial charge on any atom is 0.182 e. The molecule has 4 radical (unpaired) electrons. The summed E-state index contributed by atoms with van der Waals surface area (Å²) in [7, 11) is 11.2. The van der Waals surface area contributed by atoms with E-state index in [1.165, 1.54) is 0 Å². The van der Waals surface area contributed by atoms with Crippen LogP contribution in [0, 0.1) is 0 Å². The highest BCUT2D eigenvalue weighted by Gasteiger charge is 1.97. The van der Waals surface area contributed by atoms with Crippen molar-refractivity contribution in [1.29, 1.82) is 0 Å². The monoisotopic (exact) mass is 150 g/mol. The number of hydrogen-bond donors (Lipinski definition) is 0. The van der Waals surface area contributed by atoms with Crippen molar-refractivity contribution < 1.29 is 0 Å². The first-order valence-electron chi connectivity index (χ1n) is 4.20. The predicted octanol–water partition coefficient (Wildman–Crippen LogP) is 0.187. The topological polar surface area (TPSA) is 6.48 Å². The number of hydrogen-bond acceptors (Lipinski definition) is 2. The third-order valence-electron chi connectivity index (χ3n) is 1.59. The van der Waals surface area contributed by atoms with E-state index >= 15 is 0 Å². The van der Waals surface area contributed by atoms with Crippen LogP contribution in [0.15, 0.2) is 0 Å². The van der Waals surface area contributed by atoms with Gasteiger partial charge in [-0.05, 0) is 32.6 Å². The summed E-state index contributed by atoms with van der Waals surface area (Å²) in [6, 6.07) is 0. The quantitative estimate of drug-likeness (QED) is 0.498. The third kappa shape index (κ3) is 6.45. The Morgan fingerprint density at radius 2 is 1.45 bits per heavy atom. The molecule has 0 unspecified atom stereocenters. The van der Waals surface area contributed by atoms with E-state index in [0.717, 1.165) is 32.6 Å². The van der Waals surface area contributed by atoms with Crippen molar-refractivity contribution in [2.75, 3.05) is 26.2 Å². The fourth-order valence-corrected chi connectivity index (χ4v) is 0.814. The Kier molecular flexibility index (Phi) is 6.77. The molecule has 0 aromatic rings. The lowest BCUT2D eigenvalue weighted by atomic mass is 10.2. The molecule has 0 spiro atoms. The van der Waals surface area contributed by atoms with Crippen LogP contribution in [0.25, 0.3) is 0 Å². The second-order valence-electron chi connectivity index (χ2n) is 2.66. The van der Waals surface area contributed by atoms with Gasteiger partial charge in [-0.1, -0.05) is 13.8 Å². The molecule has 0 aromatic carbocycles. The van der Waals surface area contributed by atoms with E-state index in [4.69, 9.17) is 16.0 Å². The standard InChI is InChI=1S/C7H16B2N2/c1-3-5-11(9)7-6-10(8)4-2/h3-7H2,1-2H3. The lowest BCUT2D eigenvalue weighted by Crippen LogP contribution is -2.32. The Labute approximate surface area is 72.8 Å². The summed E-state index contributed by atoms with van der Waals surface area (Å²) in [5.74, 6) is 0. The molecule has 0 bridgehead atoms. The van der Waals surface area contributed by atoms with Crippen molar-refractivity contribution in [3.8, 4) is 0 Å². The van der Waals surface area contributed by atoms with Gasteiger partial charge in [-0.2, -0.15) is 0 Å². The fraction of sp³-hybridized carbons (Fsp3) is 1.00. The van der Waals surface area contributed by atoms with E-state index in [1.54, 1.807) is 9.62 Å². The summed E-state index contributed by atoms with van der Waals surface area (Å²) >= 11 is 0. The molecule has 0 aliphatic rings. The van der Waals surface area contributed by atoms with Gasteiger partial charge in [-0.3, -0.25) is 0 Å². The molecule has 4 heteroatoms. The maximum atomic E-state index is 5.64. The summed E-state index contributed by atoms with van der Waals surface area (Å²) in [5.41, 5.74) is 0. The smallest absolute Gasteiger partial charge is 0.182 e. The zero-order valence-corrected chi connectivity index (χ0v) is 7.58. The average molecular weight is 150 g/mol. The van der Waals surface area contributed by atoms with E-state index in [9.17, 15) is 0 Å². The van der Waals surface area contributed by atoms with Crippen molar-refractivity contribution >= 4 is 16.0 Å². The van der Waals surface area contributed by atoms with Crippen molar-refractivity contribution in [1.82, 2.24) is 9.62 Å². The van der Waals surface area contributed by atoms with E-state index in [1.807, 2.05) is 6.92 Å². The Morgan fingerprint density at radius 1 is 0.909 bits per heavy atom. The predicted molar refractivity (Wildman–Crippen MR) is 50.6 cm³/mol. The largest absolute Gasteiger partial charge is 0.353 e. The van der Waals surface area contributed by atoms with E-state index in [2.05, 4.69) is 6.92 Å². The van der Waals surface area contributed by atoms with Gasteiger partial charge in [-0.25, -0.2) is 0 Å². The van der Waals surface area contributed by atoms with Crippen LogP contribution in [-0.2, 0) is 0 Å². The first-order chi connectivity index (χ1) is 5.20. The van der Waals surface area contributed by atoms with Crippen LogP contribution in [0.3, 0.4) is 0 Å². The molecule has 0 fully saturated rings. The van der Waals surface area contributed by atoms with Crippen LogP contribution in [0.4, 0.5) is 0 Å². The normalized spacial score (nSPS) is 11.3. The summed E-state index contributed by atoms with van der Waals surface area (Å²) in [6.07, 6.45) is 1.09. The SMILES string of the molecule is [B]N(CC)CCN([B])CCC. The summed E-state index contributed by atoms with van der Waals surface area (Å²) in [4.78, 5) is 3.56. The molecule has 0 saturated carbocycles. The highest BCUT2D eigenvalue weighted by molar-refractivity contribution is 6.05. The molecule has 0 rings (SSSR count). The molecule has 0 N–H and O–H groups in total. The van der Waals surface area contributed by atoms with Gasteiger partial charge in [0.25, 0.3) is 0 Å². The zero-order chi connectivity index (χ0) is 8.69. The second kappa shape index (κ2) is 6.74. The number of likely N-dealkylation sites (N-methyl/N-ethyl adjacent to an activating group) is 1. The number of rotatable bonds is 6. The molecule has 2 nitrogen and oxygen atoms in total. The Bertz CT molecular complexity index is 90.5. The molecular formula is C7H16B2N2. The van der Waals surface area contributed by atoms with Crippen molar-refractivity contribution in [3.05, 3.63) is 0 Å². The molecule has 60 valence electrons. The Balaban J connectivity index is 3.22. The van der Waals surface area contributed by atoms with Gasteiger partial charge >= 0.3 is 0 Å². The number of nitrogens with zero attached hydrogens (tertiary/aromatic N) is 2. The van der Waals surface area contributed by atoms with Crippen molar-refractivity contribution in [3.63, 3.8) is 0 Å². The van der Waals surface area contributed by atoms with Crippen LogP contribution in [-0.4, -0.2) is 51.8 Å². The Morgan fingerprint density at radius 3 is 1.91 bits per heavy atom. The highest BCUT2D eigenvalue weighted by atomic mass is 15.1. The van der Waals surface area contributed by atoms with E-state index in [0.29, 0.717) is 0 Å². The van der Waals surface area contributed by atoms with Crippen molar-refractivity contribution in [2.24, 2.45) is 0 Å². The van der Waals surface area contributed by atoms with Gasteiger partial charge in [0, 0.05) is 0 Å². The van der Waals surface area contributed by atoms with Gasteiger partial charge < -0.3 is 9.62 Å². The molecule has 0 heterocycles. The molecular weight excluding hydrogens is 134 g/mol. The summed E-state index contributed by atoms with van der Waals surface area (Å²) in [6.45, 7) is 7.64. The third-order valence-corrected chi connectivity index (χ3v) is 1.59. The second-order valence-corrected chi connectivity index (χ2v) is 2.66. The first-order valence-corrected chi connectivity index (χ1v) is 4.20. The highest BCUT2D eigenvalue weighted by Crippen LogP contribution is 1.86. The van der Waals surface area contributed by atoms with Crippen LogP contribution in [0.5, 0.6) is 0 Å². The minimum atomic E-state index is 0.840. The van der Waals surface area contributed by atoms with Gasteiger partial charge in [0.05, 0.1) is 0 Å². The van der Waals surface area contributed by atoms with Gasteiger partial charge in [-0.15, -0.1) is 0 Å². The molecule has 0 aliphatic carbocycles. The summed E-state index contributed by atoms with van der Waals surface area (Å²) < 4.78 is 0. The minimum Gasteiger partial charge on any atom is -0.353 e. The maximum absolute atomic E-state index is 5.64. The van der Waals surface area contributed by atoms with Gasteiger partial charge in [0.2, 0.25) is 0 Å². The molecule has 0 amide bonds. The van der Waals surface area contributed by atoms with Crippen LogP contribution in [0.1, 0.15) is 20.3 Å². The van der Waals surface area contributed by atoms with Crippen LogP contribution in [0.2, 0.25) is 0 Å². The fourth-order valence-electron chi connectivity index (χ4n) is 0.814. The lowest BCUT2D eigenvalue weighted by Gasteiger charge is -2.20. The molecule has 0 aliphatic heterocycles. The van der Waals surface area contributed by atoms with Crippen LogP contribution >= 0.6 is 0 Å². The average Bonchev–Trinajstić information content (AvgIpc) is 2.01. The zero-order valence-electron chi connectivity index (χ0n) is 7.58. The minimum absolute atomic E-state index is 0.840. The molecule has 0 atom stereocenters. The van der Waals surface area contributed by atoms with Crippen LogP contribution < -0.4 is 0 Å². The lowest BCUT2D eigenvalue weighted by molar-refractivity contribution is 0.380. The van der Waals surface area contributed by atoms with Gasteiger partial charge in [0.15, 0.2) is 16.0 Å². The molecule has 0 aromatic heterocycles. The van der Waals surface area contributed by atoms with Crippen molar-refractivity contribution in [2.45, 2.75) is 20.3 Å². The Hall–Kier alpha value is 0.0499.